The molecule has 1 atom stereocenters. The van der Waals surface area contributed by atoms with Crippen LogP contribution in [-0.4, -0.2) is 50.1 Å². The molecule has 1 aliphatic rings. The lowest BCUT2D eigenvalue weighted by molar-refractivity contribution is -0.151. The van der Waals surface area contributed by atoms with Crippen LogP contribution in [0.1, 0.15) is 43.5 Å². The smallest absolute Gasteiger partial charge is 0.338 e. The lowest BCUT2D eigenvalue weighted by atomic mass is 10.1. The molecule has 0 radical (unpaired) electrons. The molecule has 0 unspecified atom stereocenters. The summed E-state index contributed by atoms with van der Waals surface area (Å²) in [5.74, 6) is -1.95. The minimum atomic E-state index is -0.690. The fourth-order valence-electron chi connectivity index (χ4n) is 3.58. The Morgan fingerprint density at radius 2 is 1.77 bits per heavy atom. The number of carbonyl (C=O) groups excluding carboxylic acids is 4. The molecule has 1 fully saturated rings. The van der Waals surface area contributed by atoms with Crippen LogP contribution >= 0.6 is 0 Å². The fourth-order valence-corrected chi connectivity index (χ4v) is 3.58. The normalized spacial score (nSPS) is 15.0. The molecule has 1 N–H and O–H groups in total. The highest BCUT2D eigenvalue weighted by atomic mass is 16.5. The van der Waals surface area contributed by atoms with Crippen molar-refractivity contribution in [3.63, 3.8) is 0 Å². The Bertz CT molecular complexity index is 1050. The van der Waals surface area contributed by atoms with Crippen LogP contribution in [0.4, 0.5) is 11.4 Å². The molecule has 0 spiro atoms. The van der Waals surface area contributed by atoms with Gasteiger partial charge >= 0.3 is 11.9 Å². The maximum atomic E-state index is 12.5. The van der Waals surface area contributed by atoms with Gasteiger partial charge < -0.3 is 24.4 Å². The zero-order valence-corrected chi connectivity index (χ0v) is 20.0. The molecular formula is C26H30N2O7. The van der Waals surface area contributed by atoms with Crippen molar-refractivity contribution in [3.05, 3.63) is 54.1 Å². The number of hydrogen-bond acceptors (Lipinski definition) is 7. The lowest BCUT2D eigenvalue weighted by Gasteiger charge is -2.17. The standard InChI is InChI=1S/C26H30N2O7/c1-3-5-14-34-25(31)18-10-12-20(13-11-18)28-16-19(15-24(28)30)26(32)35-17-23(29)27-21-8-6-7-9-22(21)33-4-2/h6-13,19H,3-5,14-17H2,1-2H3,(H,27,29)/t19-/m0/s1. The van der Waals surface area contributed by atoms with E-state index in [0.717, 1.165) is 12.8 Å². The van der Waals surface area contributed by atoms with Gasteiger partial charge in [0.05, 0.1) is 30.4 Å². The topological polar surface area (TPSA) is 111 Å². The van der Waals surface area contributed by atoms with Crippen LogP contribution in [0.5, 0.6) is 5.75 Å². The van der Waals surface area contributed by atoms with Crippen molar-refractivity contribution in [1.29, 1.82) is 0 Å². The Kier molecular flexibility index (Phi) is 9.23. The van der Waals surface area contributed by atoms with Crippen molar-refractivity contribution in [2.45, 2.75) is 33.1 Å². The summed E-state index contributed by atoms with van der Waals surface area (Å²) in [5, 5.41) is 2.66. The Morgan fingerprint density at radius 1 is 1.03 bits per heavy atom. The third kappa shape index (κ3) is 7.05. The van der Waals surface area contributed by atoms with Crippen LogP contribution in [-0.2, 0) is 23.9 Å². The molecule has 2 aromatic rings. The number of anilines is 2. The molecule has 0 bridgehead atoms. The summed E-state index contributed by atoms with van der Waals surface area (Å²) < 4.78 is 15.8. The van der Waals surface area contributed by atoms with E-state index < -0.39 is 30.4 Å². The number of nitrogens with zero attached hydrogens (tertiary/aromatic N) is 1. The molecule has 9 nitrogen and oxygen atoms in total. The van der Waals surface area contributed by atoms with Gasteiger partial charge in [-0.25, -0.2) is 4.79 Å². The summed E-state index contributed by atoms with van der Waals surface area (Å²) in [6, 6.07) is 13.4. The zero-order chi connectivity index (χ0) is 25.2. The molecule has 0 aromatic heterocycles. The lowest BCUT2D eigenvalue weighted by Crippen LogP contribution is -2.28. The number of ether oxygens (including phenoxy) is 3. The van der Waals surface area contributed by atoms with Gasteiger partial charge in [0.25, 0.3) is 5.91 Å². The average molecular weight is 483 g/mol. The Labute approximate surface area is 204 Å². The van der Waals surface area contributed by atoms with E-state index >= 15 is 0 Å². The molecular weight excluding hydrogens is 452 g/mol. The van der Waals surface area contributed by atoms with E-state index in [0.29, 0.717) is 35.9 Å². The molecule has 186 valence electrons. The Morgan fingerprint density at radius 3 is 2.49 bits per heavy atom. The predicted molar refractivity (Wildman–Crippen MR) is 129 cm³/mol. The average Bonchev–Trinajstić information content (AvgIpc) is 3.25. The highest BCUT2D eigenvalue weighted by molar-refractivity contribution is 6.00. The predicted octanol–water partition coefficient (Wildman–Crippen LogP) is 3.58. The second kappa shape index (κ2) is 12.5. The number of esters is 2. The minimum absolute atomic E-state index is 0.0194. The van der Waals surface area contributed by atoms with E-state index in [1.165, 1.54) is 4.90 Å². The first-order chi connectivity index (χ1) is 16.9. The van der Waals surface area contributed by atoms with Crippen LogP contribution in [0, 0.1) is 5.92 Å². The SMILES string of the molecule is CCCCOC(=O)c1ccc(N2C[C@@H](C(=O)OCC(=O)Nc3ccccc3OCC)CC2=O)cc1. The summed E-state index contributed by atoms with van der Waals surface area (Å²) in [6.45, 7) is 4.31. The van der Waals surface area contributed by atoms with Gasteiger partial charge in [-0.1, -0.05) is 25.5 Å². The monoisotopic (exact) mass is 482 g/mol. The number of benzene rings is 2. The van der Waals surface area contributed by atoms with Gasteiger partial charge in [-0.3, -0.25) is 14.4 Å². The number of amides is 2. The number of carbonyl (C=O) groups is 4. The highest BCUT2D eigenvalue weighted by Gasteiger charge is 2.36. The molecule has 0 saturated carbocycles. The van der Waals surface area contributed by atoms with Crippen LogP contribution in [0.15, 0.2) is 48.5 Å². The molecule has 1 saturated heterocycles. The van der Waals surface area contributed by atoms with Crippen LogP contribution < -0.4 is 15.0 Å². The van der Waals surface area contributed by atoms with E-state index in [9.17, 15) is 19.2 Å². The largest absolute Gasteiger partial charge is 0.492 e. The summed E-state index contributed by atoms with van der Waals surface area (Å²) in [6.07, 6.45) is 1.71. The first-order valence-electron chi connectivity index (χ1n) is 11.7. The van der Waals surface area contributed by atoms with Crippen molar-refractivity contribution in [2.75, 3.05) is 36.6 Å². The van der Waals surface area contributed by atoms with Gasteiger partial charge in [-0.15, -0.1) is 0 Å². The van der Waals surface area contributed by atoms with Gasteiger partial charge in [0, 0.05) is 18.7 Å². The summed E-state index contributed by atoms with van der Waals surface area (Å²) in [7, 11) is 0. The van der Waals surface area contributed by atoms with E-state index in [4.69, 9.17) is 14.2 Å². The first kappa shape index (κ1) is 25.7. The van der Waals surface area contributed by atoms with E-state index in [2.05, 4.69) is 5.32 Å². The molecule has 0 aliphatic carbocycles. The minimum Gasteiger partial charge on any atom is -0.492 e. The Balaban J connectivity index is 1.51. The van der Waals surface area contributed by atoms with E-state index in [-0.39, 0.29) is 18.9 Å². The second-order valence-electron chi connectivity index (χ2n) is 8.03. The number of para-hydroxylation sites is 2. The van der Waals surface area contributed by atoms with Crippen LogP contribution in [0.25, 0.3) is 0 Å². The Hall–Kier alpha value is -3.88. The van der Waals surface area contributed by atoms with Gasteiger partial charge in [0.2, 0.25) is 5.91 Å². The molecule has 2 amide bonds. The fraction of sp³-hybridized carbons (Fsp3) is 0.385. The van der Waals surface area contributed by atoms with Gasteiger partial charge in [-0.05, 0) is 49.7 Å². The van der Waals surface area contributed by atoms with Crippen molar-refractivity contribution < 1.29 is 33.4 Å². The van der Waals surface area contributed by atoms with Gasteiger partial charge in [0.1, 0.15) is 5.75 Å². The van der Waals surface area contributed by atoms with Crippen molar-refractivity contribution >= 4 is 35.1 Å². The van der Waals surface area contributed by atoms with Crippen LogP contribution in [0.3, 0.4) is 0 Å². The molecule has 9 heteroatoms. The highest BCUT2D eigenvalue weighted by Crippen LogP contribution is 2.27. The third-order valence-corrected chi connectivity index (χ3v) is 5.41. The van der Waals surface area contributed by atoms with Crippen molar-refractivity contribution in [2.24, 2.45) is 5.92 Å². The number of nitrogens with one attached hydrogen (secondary N) is 1. The van der Waals surface area contributed by atoms with E-state index in [1.54, 1.807) is 48.5 Å². The molecule has 2 aromatic carbocycles. The zero-order valence-electron chi connectivity index (χ0n) is 20.0. The first-order valence-corrected chi connectivity index (χ1v) is 11.7. The molecule has 35 heavy (non-hydrogen) atoms. The molecule has 1 aliphatic heterocycles. The summed E-state index contributed by atoms with van der Waals surface area (Å²) in [5.41, 5.74) is 1.44. The van der Waals surface area contributed by atoms with Crippen LogP contribution in [0.2, 0.25) is 0 Å². The summed E-state index contributed by atoms with van der Waals surface area (Å²) >= 11 is 0. The van der Waals surface area contributed by atoms with Gasteiger partial charge in [-0.2, -0.15) is 0 Å². The number of hydrogen-bond donors (Lipinski definition) is 1. The number of unbranched alkanes of at least 4 members (excludes halogenated alkanes) is 1. The molecule has 1 heterocycles. The molecule has 3 rings (SSSR count). The maximum Gasteiger partial charge on any atom is 0.338 e. The quantitative estimate of drug-likeness (QED) is 0.385. The van der Waals surface area contributed by atoms with Gasteiger partial charge in [0.15, 0.2) is 6.61 Å². The third-order valence-electron chi connectivity index (χ3n) is 5.41. The number of rotatable bonds is 11. The van der Waals surface area contributed by atoms with Crippen molar-refractivity contribution in [1.82, 2.24) is 0 Å². The van der Waals surface area contributed by atoms with E-state index in [1.807, 2.05) is 13.8 Å². The van der Waals surface area contributed by atoms with Crippen molar-refractivity contribution in [3.8, 4) is 5.75 Å². The second-order valence-corrected chi connectivity index (χ2v) is 8.03. The maximum absolute atomic E-state index is 12.5. The summed E-state index contributed by atoms with van der Waals surface area (Å²) in [4.78, 5) is 50.8.